The highest BCUT2D eigenvalue weighted by Gasteiger charge is 2.17. The van der Waals surface area contributed by atoms with Crippen LogP contribution in [0.1, 0.15) is 6.92 Å². The lowest BCUT2D eigenvalue weighted by molar-refractivity contribution is -0.127. The van der Waals surface area contributed by atoms with Crippen LogP contribution in [0.15, 0.2) is 73.2 Å². The monoisotopic (exact) mass is 389 g/mol. The van der Waals surface area contributed by atoms with Gasteiger partial charge in [0.1, 0.15) is 11.3 Å². The van der Waals surface area contributed by atoms with Gasteiger partial charge in [-0.25, -0.2) is 0 Å². The summed E-state index contributed by atoms with van der Waals surface area (Å²) in [5.41, 5.74) is 0.717. The zero-order valence-electron chi connectivity index (χ0n) is 16.2. The Hall–Kier alpha value is -3.38. The van der Waals surface area contributed by atoms with Gasteiger partial charge in [0, 0.05) is 37.1 Å². The summed E-state index contributed by atoms with van der Waals surface area (Å²) in [5, 5.41) is 16.3. The largest absolute Gasteiger partial charge is 0.479 e. The fourth-order valence-corrected chi connectivity index (χ4v) is 3.33. The quantitative estimate of drug-likeness (QED) is 0.509. The molecule has 4 aromatic rings. The molecule has 1 amide bonds. The van der Waals surface area contributed by atoms with Crippen LogP contribution in [-0.2, 0) is 11.3 Å². The van der Waals surface area contributed by atoms with Crippen molar-refractivity contribution in [1.29, 1.82) is 0 Å². The highest BCUT2D eigenvalue weighted by molar-refractivity contribution is 5.86. The first-order valence-electron chi connectivity index (χ1n) is 9.61. The van der Waals surface area contributed by atoms with Crippen molar-refractivity contribution in [3.8, 4) is 5.75 Å². The minimum atomic E-state index is -0.705. The lowest BCUT2D eigenvalue weighted by Crippen LogP contribution is -2.41. The number of hydrogen-bond acceptors (Lipinski definition) is 4. The normalized spacial score (nSPS) is 13.3. The highest BCUT2D eigenvalue weighted by atomic mass is 16.5. The van der Waals surface area contributed by atoms with Gasteiger partial charge in [-0.15, -0.1) is 0 Å². The van der Waals surface area contributed by atoms with Crippen LogP contribution in [0.3, 0.4) is 0 Å². The second-order valence-corrected chi connectivity index (χ2v) is 7.07. The van der Waals surface area contributed by atoms with Gasteiger partial charge in [0.05, 0.1) is 6.10 Å². The van der Waals surface area contributed by atoms with Crippen LogP contribution >= 0.6 is 0 Å². The topological polar surface area (TPSA) is 76.4 Å². The maximum Gasteiger partial charge on any atom is 0.260 e. The number of aliphatic hydroxyl groups is 1. The molecule has 0 saturated carbocycles. The molecule has 0 saturated heterocycles. The van der Waals surface area contributed by atoms with E-state index < -0.39 is 12.2 Å². The number of carbonyl (C=O) groups is 1. The Morgan fingerprint density at radius 3 is 2.52 bits per heavy atom. The molecule has 0 aliphatic carbocycles. The van der Waals surface area contributed by atoms with Crippen molar-refractivity contribution >= 4 is 27.6 Å². The average molecular weight is 389 g/mol. The number of carbonyl (C=O) groups excluding carboxylic acids is 1. The van der Waals surface area contributed by atoms with Gasteiger partial charge in [0.25, 0.3) is 5.91 Å². The first kappa shape index (κ1) is 19.0. The van der Waals surface area contributed by atoms with Gasteiger partial charge in [-0.3, -0.25) is 9.78 Å². The Morgan fingerprint density at radius 1 is 1.07 bits per heavy atom. The molecule has 0 radical (unpaired) electrons. The van der Waals surface area contributed by atoms with Gasteiger partial charge >= 0.3 is 0 Å². The summed E-state index contributed by atoms with van der Waals surface area (Å²) in [6.07, 6.45) is 4.26. The predicted molar refractivity (Wildman–Crippen MR) is 113 cm³/mol. The SMILES string of the molecule is C[C@@H](Oc1cccc2cccnc12)C(=O)NC[C@H](O)Cn1cc2ccccc2c1. The Kier molecular flexibility index (Phi) is 5.44. The van der Waals surface area contributed by atoms with Crippen LogP contribution in [0.25, 0.3) is 21.7 Å². The van der Waals surface area contributed by atoms with E-state index in [1.54, 1.807) is 19.2 Å². The fraction of sp³-hybridized carbons (Fsp3) is 0.217. The lowest BCUT2D eigenvalue weighted by Gasteiger charge is -2.17. The fourth-order valence-electron chi connectivity index (χ4n) is 3.33. The molecule has 0 unspecified atom stereocenters. The van der Waals surface area contributed by atoms with Gasteiger partial charge in [-0.05, 0) is 29.8 Å². The van der Waals surface area contributed by atoms with Crippen LogP contribution in [-0.4, -0.2) is 39.3 Å². The molecule has 0 aliphatic rings. The van der Waals surface area contributed by atoms with Gasteiger partial charge in [-0.2, -0.15) is 0 Å². The number of fused-ring (bicyclic) bond motifs is 2. The number of nitrogens with one attached hydrogen (secondary N) is 1. The number of ether oxygens (including phenoxy) is 1. The number of amides is 1. The molecule has 2 atom stereocenters. The first-order valence-corrected chi connectivity index (χ1v) is 9.61. The van der Waals surface area contributed by atoms with Crippen LogP contribution in [0.2, 0.25) is 0 Å². The molecule has 2 N–H and O–H groups in total. The minimum absolute atomic E-state index is 0.148. The third kappa shape index (κ3) is 4.38. The van der Waals surface area contributed by atoms with E-state index in [-0.39, 0.29) is 12.5 Å². The molecule has 2 aromatic heterocycles. The maximum absolute atomic E-state index is 12.4. The summed E-state index contributed by atoms with van der Waals surface area (Å²) < 4.78 is 7.75. The Bertz CT molecular complexity index is 1100. The minimum Gasteiger partial charge on any atom is -0.479 e. The summed E-state index contributed by atoms with van der Waals surface area (Å²) in [7, 11) is 0. The summed E-state index contributed by atoms with van der Waals surface area (Å²) in [4.78, 5) is 16.7. The number of benzene rings is 2. The highest BCUT2D eigenvalue weighted by Crippen LogP contribution is 2.24. The van der Waals surface area contributed by atoms with E-state index in [1.807, 2.05) is 65.5 Å². The molecular formula is C23H23N3O3. The van der Waals surface area contributed by atoms with E-state index in [9.17, 15) is 9.90 Å². The van der Waals surface area contributed by atoms with Crippen molar-refractivity contribution in [3.63, 3.8) is 0 Å². The van der Waals surface area contributed by atoms with Gasteiger partial charge in [0.2, 0.25) is 0 Å². The van der Waals surface area contributed by atoms with E-state index in [0.717, 1.165) is 16.2 Å². The van der Waals surface area contributed by atoms with Crippen molar-refractivity contribution < 1.29 is 14.6 Å². The maximum atomic E-state index is 12.4. The molecule has 2 heterocycles. The molecular weight excluding hydrogens is 366 g/mol. The van der Waals surface area contributed by atoms with Crippen LogP contribution in [0.4, 0.5) is 0 Å². The molecule has 6 heteroatoms. The molecule has 148 valence electrons. The zero-order valence-corrected chi connectivity index (χ0v) is 16.2. The second kappa shape index (κ2) is 8.32. The standard InChI is InChI=1S/C23H23N3O3/c1-16(29-21-10-4-8-17-9-5-11-24-22(17)21)23(28)25-12-20(27)15-26-13-18-6-2-3-7-19(18)14-26/h2-11,13-14,16,20,27H,12,15H2,1H3,(H,25,28)/t16-,20+/m1/s1. The third-order valence-electron chi connectivity index (χ3n) is 4.81. The van der Waals surface area contributed by atoms with Gasteiger partial charge in [0.15, 0.2) is 6.10 Å². The number of aromatic nitrogens is 2. The summed E-state index contributed by atoms with van der Waals surface area (Å²) in [6, 6.07) is 17.4. The number of nitrogens with zero attached hydrogens (tertiary/aromatic N) is 2. The predicted octanol–water partition coefficient (Wildman–Crippen LogP) is 3.13. The lowest BCUT2D eigenvalue weighted by atomic mass is 10.2. The van der Waals surface area contributed by atoms with E-state index in [4.69, 9.17) is 4.74 Å². The van der Waals surface area contributed by atoms with Crippen LogP contribution in [0, 0.1) is 0 Å². The molecule has 0 fully saturated rings. The number of rotatable bonds is 7. The smallest absolute Gasteiger partial charge is 0.260 e. The van der Waals surface area contributed by atoms with E-state index in [1.165, 1.54) is 0 Å². The molecule has 4 rings (SSSR count). The molecule has 0 bridgehead atoms. The molecule has 0 spiro atoms. The second-order valence-electron chi connectivity index (χ2n) is 7.07. The number of aliphatic hydroxyl groups excluding tert-OH is 1. The van der Waals surface area contributed by atoms with E-state index >= 15 is 0 Å². The average Bonchev–Trinajstić information content (AvgIpc) is 3.14. The third-order valence-corrected chi connectivity index (χ3v) is 4.81. The molecule has 2 aromatic carbocycles. The molecule has 0 aliphatic heterocycles. The molecule has 29 heavy (non-hydrogen) atoms. The first-order chi connectivity index (χ1) is 14.1. The summed E-state index contributed by atoms with van der Waals surface area (Å²) in [5.74, 6) is 0.278. The van der Waals surface area contributed by atoms with Crippen molar-refractivity contribution in [2.24, 2.45) is 0 Å². The van der Waals surface area contributed by atoms with Gasteiger partial charge < -0.3 is 19.7 Å². The van der Waals surface area contributed by atoms with Crippen molar-refractivity contribution in [3.05, 3.63) is 73.2 Å². The van der Waals surface area contributed by atoms with Crippen molar-refractivity contribution in [2.45, 2.75) is 25.7 Å². The zero-order chi connectivity index (χ0) is 20.2. The Balaban J connectivity index is 1.32. The van der Waals surface area contributed by atoms with Crippen LogP contribution in [0.5, 0.6) is 5.75 Å². The molecule has 6 nitrogen and oxygen atoms in total. The van der Waals surface area contributed by atoms with E-state index in [2.05, 4.69) is 10.3 Å². The summed E-state index contributed by atoms with van der Waals surface area (Å²) in [6.45, 7) is 2.23. The van der Waals surface area contributed by atoms with Crippen molar-refractivity contribution in [2.75, 3.05) is 6.54 Å². The Morgan fingerprint density at radius 2 is 1.76 bits per heavy atom. The number of pyridine rings is 1. The Labute approximate surface area is 168 Å². The van der Waals surface area contributed by atoms with Crippen LogP contribution < -0.4 is 10.1 Å². The number of hydrogen-bond donors (Lipinski definition) is 2. The summed E-state index contributed by atoms with van der Waals surface area (Å²) >= 11 is 0. The van der Waals surface area contributed by atoms with E-state index in [0.29, 0.717) is 17.8 Å². The number of para-hydroxylation sites is 1. The van der Waals surface area contributed by atoms with Crippen molar-refractivity contribution in [1.82, 2.24) is 14.9 Å². The van der Waals surface area contributed by atoms with Gasteiger partial charge in [-0.1, -0.05) is 42.5 Å².